The van der Waals surface area contributed by atoms with Crippen molar-refractivity contribution in [3.05, 3.63) is 0 Å². The third kappa shape index (κ3) is 4.96. The van der Waals surface area contributed by atoms with E-state index < -0.39 is 112 Å². The highest BCUT2D eigenvalue weighted by atomic mass is 16.8. The van der Waals surface area contributed by atoms with Gasteiger partial charge in [-0.3, -0.25) is 0 Å². The molecule has 3 aliphatic heterocycles. The molecule has 3 fully saturated rings. The van der Waals surface area contributed by atoms with Gasteiger partial charge in [-0.2, -0.15) is 0 Å². The maximum Gasteiger partial charge on any atom is 0.224 e. The minimum atomic E-state index is -2.43. The van der Waals surface area contributed by atoms with Crippen LogP contribution in [0, 0.1) is 0 Å². The highest BCUT2D eigenvalue weighted by molar-refractivity contribution is 5.01. The molecule has 16 nitrogen and oxygen atoms in total. The van der Waals surface area contributed by atoms with Crippen molar-refractivity contribution in [3.63, 3.8) is 0 Å². The van der Waals surface area contributed by atoms with E-state index in [0.29, 0.717) is 0 Å². The van der Waals surface area contributed by atoms with E-state index in [1.54, 1.807) is 0 Å². The Morgan fingerprint density at radius 1 is 0.559 bits per heavy atom. The minimum Gasteiger partial charge on any atom is -0.394 e. The van der Waals surface area contributed by atoms with Crippen LogP contribution in [0.1, 0.15) is 0 Å². The molecule has 0 aromatic rings. The molecular weight excluding hydrogens is 472 g/mol. The Hall–Kier alpha value is -0.640. The molecule has 0 bridgehead atoms. The minimum absolute atomic E-state index is 0.777. The molecule has 3 saturated heterocycles. The zero-order chi connectivity index (χ0) is 25.4. The lowest BCUT2D eigenvalue weighted by Gasteiger charge is -2.45. The van der Waals surface area contributed by atoms with Gasteiger partial charge in [0.1, 0.15) is 73.8 Å². The van der Waals surface area contributed by atoms with Gasteiger partial charge < -0.3 is 79.9 Å². The SMILES string of the molecule is OC[C@@H]1O[C@H](O[C@@H]2[C@H](O)[C@H](CO)O[C@@]2(CO)O[C@@H]2O[C@H](CO)[C@H](O)[C@@H](O)[C@@H]2O)[C@@H](O)[C@H](O)[C@H]1O. The van der Waals surface area contributed by atoms with Crippen LogP contribution < -0.4 is 0 Å². The second-order valence-electron chi connectivity index (χ2n) is 8.37. The third-order valence-corrected chi connectivity index (χ3v) is 6.17. The van der Waals surface area contributed by atoms with Gasteiger partial charge in [-0.25, -0.2) is 0 Å². The summed E-state index contributed by atoms with van der Waals surface area (Å²) >= 11 is 0. The Morgan fingerprint density at radius 3 is 1.50 bits per heavy atom. The fraction of sp³-hybridized carbons (Fsp3) is 1.00. The molecule has 16 heteroatoms. The topological polar surface area (TPSA) is 269 Å². The molecule has 0 aromatic heterocycles. The average Bonchev–Trinajstić information content (AvgIpc) is 3.10. The third-order valence-electron chi connectivity index (χ3n) is 6.17. The molecule has 0 amide bonds. The molecule has 34 heavy (non-hydrogen) atoms. The van der Waals surface area contributed by atoms with E-state index >= 15 is 0 Å². The molecule has 0 unspecified atom stereocenters. The summed E-state index contributed by atoms with van der Waals surface area (Å²) in [6.07, 6.45) is -22.3. The summed E-state index contributed by atoms with van der Waals surface area (Å²) in [5, 5.41) is 109. The number of aliphatic hydroxyl groups excluding tert-OH is 11. The van der Waals surface area contributed by atoms with Gasteiger partial charge in [-0.05, 0) is 0 Å². The van der Waals surface area contributed by atoms with Crippen molar-refractivity contribution in [2.45, 2.75) is 85.5 Å². The number of aliphatic hydroxyl groups is 11. The van der Waals surface area contributed by atoms with Crippen LogP contribution in [0.2, 0.25) is 0 Å². The van der Waals surface area contributed by atoms with Crippen LogP contribution in [-0.4, -0.2) is 168 Å². The van der Waals surface area contributed by atoms with Gasteiger partial charge in [0.05, 0.1) is 19.8 Å². The van der Waals surface area contributed by atoms with E-state index in [1.807, 2.05) is 0 Å². The summed E-state index contributed by atoms with van der Waals surface area (Å²) < 4.78 is 27.0. The Labute approximate surface area is 192 Å². The summed E-state index contributed by atoms with van der Waals surface area (Å²) in [6, 6.07) is 0. The fourth-order valence-corrected chi connectivity index (χ4v) is 4.12. The van der Waals surface area contributed by atoms with Gasteiger partial charge in [0.2, 0.25) is 5.79 Å². The van der Waals surface area contributed by atoms with Crippen LogP contribution in [0.4, 0.5) is 0 Å². The molecule has 0 aromatic carbocycles. The zero-order valence-corrected chi connectivity index (χ0v) is 17.8. The summed E-state index contributed by atoms with van der Waals surface area (Å²) in [5.74, 6) is -2.43. The van der Waals surface area contributed by atoms with Crippen molar-refractivity contribution in [1.29, 1.82) is 0 Å². The van der Waals surface area contributed by atoms with Gasteiger partial charge in [0.15, 0.2) is 12.6 Å². The van der Waals surface area contributed by atoms with Crippen molar-refractivity contribution < 1.29 is 79.9 Å². The Morgan fingerprint density at radius 2 is 1.03 bits per heavy atom. The lowest BCUT2D eigenvalue weighted by molar-refractivity contribution is -0.400. The first-order valence-corrected chi connectivity index (χ1v) is 10.6. The van der Waals surface area contributed by atoms with Crippen molar-refractivity contribution in [2.24, 2.45) is 0 Å². The molecule has 200 valence electrons. The molecule has 3 aliphatic rings. The Kier molecular flexibility index (Phi) is 9.18. The van der Waals surface area contributed by atoms with Crippen LogP contribution in [0.5, 0.6) is 0 Å². The quantitative estimate of drug-likeness (QED) is 0.146. The fourth-order valence-electron chi connectivity index (χ4n) is 4.12. The molecular formula is C18H32O16. The average molecular weight is 504 g/mol. The Bertz CT molecular complexity index is 651. The highest BCUT2D eigenvalue weighted by Crippen LogP contribution is 2.39. The lowest BCUT2D eigenvalue weighted by Crippen LogP contribution is -2.64. The van der Waals surface area contributed by atoms with Crippen molar-refractivity contribution in [1.82, 2.24) is 0 Å². The van der Waals surface area contributed by atoms with Crippen molar-refractivity contribution in [2.75, 3.05) is 26.4 Å². The normalized spacial score (nSPS) is 52.1. The van der Waals surface area contributed by atoms with E-state index in [2.05, 4.69) is 0 Å². The smallest absolute Gasteiger partial charge is 0.224 e. The maximum absolute atomic E-state index is 10.6. The molecule has 0 saturated carbocycles. The lowest BCUT2D eigenvalue weighted by atomic mass is 9.98. The molecule has 0 spiro atoms. The second-order valence-corrected chi connectivity index (χ2v) is 8.37. The molecule has 11 N–H and O–H groups in total. The summed E-state index contributed by atoms with van der Waals surface area (Å²) in [4.78, 5) is 0. The van der Waals surface area contributed by atoms with Gasteiger partial charge in [-0.15, -0.1) is 0 Å². The standard InChI is InChI=1S/C18H32O16/c19-1-5-8(23)11(26)13(28)16(30-5)32-15-10(25)7(3-21)33-18(15,4-22)34-17-14(29)12(27)9(24)6(2-20)31-17/h5-17,19-29H,1-4H2/t5-,6+,7-,8-,9-,10+,11+,12+,13-,14-,15+,16+,17-,18-/m0/s1. The predicted molar refractivity (Wildman–Crippen MR) is 101 cm³/mol. The molecule has 14 atom stereocenters. The molecule has 3 heterocycles. The first-order valence-electron chi connectivity index (χ1n) is 10.6. The molecule has 0 radical (unpaired) electrons. The van der Waals surface area contributed by atoms with E-state index in [9.17, 15) is 56.2 Å². The zero-order valence-electron chi connectivity index (χ0n) is 17.8. The van der Waals surface area contributed by atoms with Gasteiger partial charge >= 0.3 is 0 Å². The number of hydrogen-bond acceptors (Lipinski definition) is 16. The largest absolute Gasteiger partial charge is 0.394 e. The van der Waals surface area contributed by atoms with E-state index in [4.69, 9.17) is 23.7 Å². The van der Waals surface area contributed by atoms with Crippen LogP contribution in [0.25, 0.3) is 0 Å². The summed E-state index contributed by atoms with van der Waals surface area (Å²) in [7, 11) is 0. The van der Waals surface area contributed by atoms with E-state index in [0.717, 1.165) is 0 Å². The van der Waals surface area contributed by atoms with Gasteiger partial charge in [0, 0.05) is 0 Å². The van der Waals surface area contributed by atoms with Crippen LogP contribution in [-0.2, 0) is 23.7 Å². The number of ether oxygens (including phenoxy) is 5. The van der Waals surface area contributed by atoms with E-state index in [-0.39, 0.29) is 0 Å². The van der Waals surface area contributed by atoms with Crippen LogP contribution in [0.3, 0.4) is 0 Å². The summed E-state index contributed by atoms with van der Waals surface area (Å²) in [6.45, 7) is -3.49. The molecule has 0 aliphatic carbocycles. The van der Waals surface area contributed by atoms with Crippen molar-refractivity contribution in [3.8, 4) is 0 Å². The van der Waals surface area contributed by atoms with Crippen LogP contribution >= 0.6 is 0 Å². The summed E-state index contributed by atoms with van der Waals surface area (Å²) in [5.41, 5.74) is 0. The highest BCUT2D eigenvalue weighted by Gasteiger charge is 2.61. The first kappa shape index (κ1) is 27.9. The number of rotatable bonds is 8. The maximum atomic E-state index is 10.6. The molecule has 3 rings (SSSR count). The predicted octanol–water partition coefficient (Wildman–Crippen LogP) is -7.57. The second kappa shape index (κ2) is 11.2. The van der Waals surface area contributed by atoms with E-state index in [1.165, 1.54) is 0 Å². The first-order chi connectivity index (χ1) is 16.0. The van der Waals surface area contributed by atoms with Gasteiger partial charge in [-0.1, -0.05) is 0 Å². The van der Waals surface area contributed by atoms with Crippen molar-refractivity contribution >= 4 is 0 Å². The Balaban J connectivity index is 1.87. The van der Waals surface area contributed by atoms with Crippen LogP contribution in [0.15, 0.2) is 0 Å². The monoisotopic (exact) mass is 504 g/mol. The van der Waals surface area contributed by atoms with Gasteiger partial charge in [0.25, 0.3) is 0 Å². The number of hydrogen-bond donors (Lipinski definition) is 11.